The highest BCUT2D eigenvalue weighted by atomic mass is 79.9. The topological polar surface area (TPSA) is 41.5 Å². The second kappa shape index (κ2) is 7.64. The van der Waals surface area contributed by atoms with Crippen LogP contribution in [0.25, 0.3) is 0 Å². The van der Waals surface area contributed by atoms with Crippen LogP contribution in [0.2, 0.25) is 5.02 Å². The number of hydrogen-bond acceptors (Lipinski definition) is 3. The molecule has 21 heavy (non-hydrogen) atoms. The molecular formula is C15H14BrClFNO2. The lowest BCUT2D eigenvalue weighted by atomic mass is 10.3. The molecule has 3 nitrogen and oxygen atoms in total. The minimum Gasteiger partial charge on any atom is -0.491 e. The number of hydrogen-bond donors (Lipinski definition) is 2. The highest BCUT2D eigenvalue weighted by molar-refractivity contribution is 9.10. The van der Waals surface area contributed by atoms with E-state index in [1.807, 2.05) is 6.07 Å². The molecule has 0 radical (unpaired) electrons. The van der Waals surface area contributed by atoms with Crippen LogP contribution < -0.4 is 10.1 Å². The summed E-state index contributed by atoms with van der Waals surface area (Å²) in [5, 5.41) is 13.6. The molecule has 112 valence electrons. The van der Waals surface area contributed by atoms with Gasteiger partial charge in [-0.1, -0.05) is 11.6 Å². The van der Waals surface area contributed by atoms with Crippen LogP contribution in [-0.2, 0) is 0 Å². The van der Waals surface area contributed by atoms with E-state index in [2.05, 4.69) is 21.2 Å². The summed E-state index contributed by atoms with van der Waals surface area (Å²) in [7, 11) is 0. The third-order valence-electron chi connectivity index (χ3n) is 2.71. The van der Waals surface area contributed by atoms with Crippen LogP contribution in [-0.4, -0.2) is 24.4 Å². The fourth-order valence-corrected chi connectivity index (χ4v) is 2.20. The van der Waals surface area contributed by atoms with Gasteiger partial charge in [-0.25, -0.2) is 4.39 Å². The first-order valence-electron chi connectivity index (χ1n) is 6.30. The standard InChI is InChI=1S/C15H14BrClFNO2/c16-14-6-1-10(17)7-15(14)19-8-12(20)9-21-13-4-2-11(18)3-5-13/h1-7,12,19-20H,8-9H2. The average molecular weight is 375 g/mol. The Balaban J connectivity index is 1.80. The van der Waals surface area contributed by atoms with Gasteiger partial charge in [-0.2, -0.15) is 0 Å². The maximum Gasteiger partial charge on any atom is 0.123 e. The zero-order valence-corrected chi connectivity index (χ0v) is 13.4. The van der Waals surface area contributed by atoms with Gasteiger partial charge in [0.15, 0.2) is 0 Å². The first kappa shape index (κ1) is 16.1. The van der Waals surface area contributed by atoms with Crippen molar-refractivity contribution >= 4 is 33.2 Å². The van der Waals surface area contributed by atoms with Gasteiger partial charge in [-0.05, 0) is 58.4 Å². The molecule has 0 aliphatic rings. The number of benzene rings is 2. The number of halogens is 3. The Morgan fingerprint density at radius 2 is 1.95 bits per heavy atom. The Bertz CT molecular complexity index is 595. The molecule has 0 saturated carbocycles. The van der Waals surface area contributed by atoms with E-state index >= 15 is 0 Å². The van der Waals surface area contributed by atoms with Crippen LogP contribution in [0.1, 0.15) is 0 Å². The van der Waals surface area contributed by atoms with Crippen molar-refractivity contribution < 1.29 is 14.2 Å². The molecule has 0 amide bonds. The summed E-state index contributed by atoms with van der Waals surface area (Å²) in [5.74, 6) is 0.190. The molecule has 1 atom stereocenters. The summed E-state index contributed by atoms with van der Waals surface area (Å²) in [6, 6.07) is 11.0. The minimum absolute atomic E-state index is 0.108. The van der Waals surface area contributed by atoms with Crippen LogP contribution in [0.15, 0.2) is 46.9 Å². The third kappa shape index (κ3) is 5.19. The summed E-state index contributed by atoms with van der Waals surface area (Å²) >= 11 is 9.30. The highest BCUT2D eigenvalue weighted by Gasteiger charge is 2.07. The zero-order valence-electron chi connectivity index (χ0n) is 11.0. The van der Waals surface area contributed by atoms with Gasteiger partial charge in [0.2, 0.25) is 0 Å². The lowest BCUT2D eigenvalue weighted by Crippen LogP contribution is -2.26. The maximum atomic E-state index is 12.7. The molecule has 2 aromatic rings. The van der Waals surface area contributed by atoms with E-state index in [0.717, 1.165) is 10.2 Å². The van der Waals surface area contributed by atoms with Gasteiger partial charge in [0.25, 0.3) is 0 Å². The molecule has 1 unspecified atom stereocenters. The molecule has 0 aliphatic heterocycles. The molecule has 2 rings (SSSR count). The fourth-order valence-electron chi connectivity index (χ4n) is 1.64. The van der Waals surface area contributed by atoms with Crippen LogP contribution in [0, 0.1) is 5.82 Å². The summed E-state index contributed by atoms with van der Waals surface area (Å²) in [5.41, 5.74) is 0.795. The van der Waals surface area contributed by atoms with Gasteiger partial charge in [-0.3, -0.25) is 0 Å². The molecule has 2 N–H and O–H groups in total. The lowest BCUT2D eigenvalue weighted by Gasteiger charge is -2.15. The number of aliphatic hydroxyl groups is 1. The Hall–Kier alpha value is -1.30. The van der Waals surface area contributed by atoms with Crippen molar-refractivity contribution in [3.8, 4) is 5.75 Å². The van der Waals surface area contributed by atoms with Crippen molar-refractivity contribution in [3.63, 3.8) is 0 Å². The molecule has 0 heterocycles. The Labute approximate surface area is 135 Å². The van der Waals surface area contributed by atoms with E-state index in [1.165, 1.54) is 24.3 Å². The van der Waals surface area contributed by atoms with Crippen LogP contribution >= 0.6 is 27.5 Å². The lowest BCUT2D eigenvalue weighted by molar-refractivity contribution is 0.117. The summed E-state index contributed by atoms with van der Waals surface area (Å²) in [4.78, 5) is 0. The number of aliphatic hydroxyl groups excluding tert-OH is 1. The van der Waals surface area contributed by atoms with Crippen molar-refractivity contribution in [1.82, 2.24) is 0 Å². The summed E-state index contributed by atoms with van der Waals surface area (Å²) in [6.07, 6.45) is -0.707. The first-order chi connectivity index (χ1) is 10.0. The van der Waals surface area contributed by atoms with E-state index in [-0.39, 0.29) is 12.4 Å². The van der Waals surface area contributed by atoms with Crippen molar-refractivity contribution in [1.29, 1.82) is 0 Å². The smallest absolute Gasteiger partial charge is 0.123 e. The first-order valence-corrected chi connectivity index (χ1v) is 7.47. The molecular weight excluding hydrogens is 361 g/mol. The van der Waals surface area contributed by atoms with Gasteiger partial charge in [0, 0.05) is 21.7 Å². The normalized spacial score (nSPS) is 12.0. The Kier molecular flexibility index (Phi) is 5.85. The van der Waals surface area contributed by atoms with Crippen LogP contribution in [0.5, 0.6) is 5.75 Å². The van der Waals surface area contributed by atoms with E-state index in [1.54, 1.807) is 12.1 Å². The number of rotatable bonds is 6. The van der Waals surface area contributed by atoms with E-state index in [9.17, 15) is 9.50 Å². The predicted molar refractivity (Wildman–Crippen MR) is 85.5 cm³/mol. The largest absolute Gasteiger partial charge is 0.491 e. The van der Waals surface area contributed by atoms with Gasteiger partial charge in [0.1, 0.15) is 24.3 Å². The molecule has 0 saturated heterocycles. The zero-order chi connectivity index (χ0) is 15.2. The quantitative estimate of drug-likeness (QED) is 0.800. The fraction of sp³-hybridized carbons (Fsp3) is 0.200. The highest BCUT2D eigenvalue weighted by Crippen LogP contribution is 2.25. The number of ether oxygens (including phenoxy) is 1. The molecule has 6 heteroatoms. The second-order valence-corrected chi connectivity index (χ2v) is 5.71. The van der Waals surface area contributed by atoms with E-state index in [0.29, 0.717) is 17.3 Å². The van der Waals surface area contributed by atoms with Gasteiger partial charge in [-0.15, -0.1) is 0 Å². The van der Waals surface area contributed by atoms with Gasteiger partial charge >= 0.3 is 0 Å². The number of anilines is 1. The van der Waals surface area contributed by atoms with E-state index in [4.69, 9.17) is 16.3 Å². The van der Waals surface area contributed by atoms with Gasteiger partial charge in [0.05, 0.1) is 0 Å². The van der Waals surface area contributed by atoms with Crippen molar-refractivity contribution in [3.05, 3.63) is 57.8 Å². The van der Waals surface area contributed by atoms with Gasteiger partial charge < -0.3 is 15.2 Å². The average Bonchev–Trinajstić information content (AvgIpc) is 2.47. The molecule has 0 aromatic heterocycles. The van der Waals surface area contributed by atoms with Crippen LogP contribution in [0.4, 0.5) is 10.1 Å². The molecule has 0 spiro atoms. The molecule has 0 bridgehead atoms. The Morgan fingerprint density at radius 3 is 2.67 bits per heavy atom. The Morgan fingerprint density at radius 1 is 1.24 bits per heavy atom. The predicted octanol–water partition coefficient (Wildman–Crippen LogP) is 4.09. The SMILES string of the molecule is OC(CNc1cc(Cl)ccc1Br)COc1ccc(F)cc1. The third-order valence-corrected chi connectivity index (χ3v) is 3.64. The monoisotopic (exact) mass is 373 g/mol. The maximum absolute atomic E-state index is 12.7. The molecule has 2 aromatic carbocycles. The van der Waals surface area contributed by atoms with Crippen molar-refractivity contribution in [2.75, 3.05) is 18.5 Å². The van der Waals surface area contributed by atoms with Crippen LogP contribution in [0.3, 0.4) is 0 Å². The summed E-state index contributed by atoms with van der Waals surface area (Å²) < 4.78 is 19.0. The van der Waals surface area contributed by atoms with Crippen molar-refractivity contribution in [2.45, 2.75) is 6.10 Å². The molecule has 0 fully saturated rings. The summed E-state index contributed by atoms with van der Waals surface area (Å²) in [6.45, 7) is 0.414. The number of nitrogens with one attached hydrogen (secondary N) is 1. The molecule has 0 aliphatic carbocycles. The van der Waals surface area contributed by atoms with Crippen molar-refractivity contribution in [2.24, 2.45) is 0 Å². The second-order valence-electron chi connectivity index (χ2n) is 4.42. The van der Waals surface area contributed by atoms with E-state index < -0.39 is 6.10 Å². The minimum atomic E-state index is -0.707.